The number of likely N-dealkylation sites (tertiary alicyclic amines) is 1. The zero-order valence-electron chi connectivity index (χ0n) is 21.0. The monoisotopic (exact) mass is 509 g/mol. The predicted octanol–water partition coefficient (Wildman–Crippen LogP) is 5.13. The molecule has 0 radical (unpaired) electrons. The summed E-state index contributed by atoms with van der Waals surface area (Å²) in [6, 6.07) is 11.8. The highest BCUT2D eigenvalue weighted by Crippen LogP contribution is 2.26. The smallest absolute Gasteiger partial charge is 0.324 e. The second kappa shape index (κ2) is 11.0. The first-order valence-electron chi connectivity index (χ1n) is 11.9. The molecule has 2 aromatic heterocycles. The van der Waals surface area contributed by atoms with Gasteiger partial charge in [0.05, 0.1) is 6.54 Å². The van der Waals surface area contributed by atoms with E-state index in [4.69, 9.17) is 9.26 Å². The van der Waals surface area contributed by atoms with E-state index in [1.165, 1.54) is 0 Å². The molecule has 1 aromatic carbocycles. The van der Waals surface area contributed by atoms with Gasteiger partial charge in [-0.3, -0.25) is 10.2 Å². The number of rotatable bonds is 6. The lowest BCUT2D eigenvalue weighted by molar-refractivity contribution is 0.0112. The summed E-state index contributed by atoms with van der Waals surface area (Å²) in [6.07, 6.45) is 1.50. The van der Waals surface area contributed by atoms with Crippen LogP contribution in [0.2, 0.25) is 0 Å². The Kier molecular flexibility index (Phi) is 7.74. The highest BCUT2D eigenvalue weighted by atomic mass is 19.3. The molecule has 3 aromatic rings. The number of hydrogen-bond acceptors (Lipinski definition) is 6. The van der Waals surface area contributed by atoms with Gasteiger partial charge in [0, 0.05) is 60.1 Å². The summed E-state index contributed by atoms with van der Waals surface area (Å²) < 4.78 is 37.3. The second-order valence-corrected chi connectivity index (χ2v) is 9.85. The molecule has 1 fully saturated rings. The molecular weight excluding hydrogens is 480 g/mol. The van der Waals surface area contributed by atoms with E-state index >= 15 is 0 Å². The van der Waals surface area contributed by atoms with Crippen LogP contribution in [-0.2, 0) is 5.41 Å². The number of nitrogens with one attached hydrogen (secondary N) is 2. The number of carbonyl (C=O) groups excluding carboxylic acids is 1. The van der Waals surface area contributed by atoms with Crippen molar-refractivity contribution in [3.63, 3.8) is 0 Å². The van der Waals surface area contributed by atoms with Crippen molar-refractivity contribution in [2.75, 3.05) is 36.9 Å². The maximum Gasteiger partial charge on any atom is 0.324 e. The average Bonchev–Trinajstić information content (AvgIpc) is 3.45. The quantitative estimate of drug-likeness (QED) is 0.448. The van der Waals surface area contributed by atoms with Crippen LogP contribution in [0.15, 0.2) is 53.2 Å². The third kappa shape index (κ3) is 7.75. The van der Waals surface area contributed by atoms with Crippen molar-refractivity contribution in [3.05, 3.63) is 65.5 Å². The maximum absolute atomic E-state index is 13.2. The topological polar surface area (TPSA) is 92.5 Å². The number of aromatic nitrogens is 2. The molecule has 194 valence electrons. The molecule has 37 heavy (non-hydrogen) atoms. The third-order valence-electron chi connectivity index (χ3n) is 5.63. The van der Waals surface area contributed by atoms with Gasteiger partial charge in [-0.1, -0.05) is 37.8 Å². The van der Waals surface area contributed by atoms with Crippen molar-refractivity contribution in [2.45, 2.75) is 38.5 Å². The van der Waals surface area contributed by atoms with Crippen LogP contribution in [0.4, 0.5) is 25.1 Å². The van der Waals surface area contributed by atoms with E-state index in [0.29, 0.717) is 48.4 Å². The van der Waals surface area contributed by atoms with E-state index in [-0.39, 0.29) is 18.4 Å². The van der Waals surface area contributed by atoms with E-state index in [0.717, 1.165) is 5.56 Å². The van der Waals surface area contributed by atoms with Crippen molar-refractivity contribution in [1.29, 1.82) is 0 Å². The normalized spacial score (nSPS) is 15.1. The number of alkyl halides is 2. The fourth-order valence-electron chi connectivity index (χ4n) is 3.56. The average molecular weight is 510 g/mol. The molecule has 0 unspecified atom stereocenters. The van der Waals surface area contributed by atoms with Crippen molar-refractivity contribution in [3.8, 4) is 17.7 Å². The number of hydrogen-bond donors (Lipinski definition) is 2. The predicted molar refractivity (Wildman–Crippen MR) is 136 cm³/mol. The van der Waals surface area contributed by atoms with Crippen LogP contribution in [0.5, 0.6) is 5.88 Å². The molecule has 0 spiro atoms. The highest BCUT2D eigenvalue weighted by molar-refractivity contribution is 5.99. The summed E-state index contributed by atoms with van der Waals surface area (Å²) >= 11 is 0. The van der Waals surface area contributed by atoms with Crippen molar-refractivity contribution >= 4 is 17.5 Å². The summed E-state index contributed by atoms with van der Waals surface area (Å²) in [6.45, 7) is 6.87. The number of carbonyl (C=O) groups is 1. The Morgan fingerprint density at radius 2 is 1.86 bits per heavy atom. The van der Waals surface area contributed by atoms with Gasteiger partial charge < -0.3 is 14.6 Å². The third-order valence-corrected chi connectivity index (χ3v) is 5.63. The molecule has 3 heterocycles. The minimum absolute atomic E-state index is 0.102. The number of pyridine rings is 1. The lowest BCUT2D eigenvalue weighted by atomic mass is 9.93. The van der Waals surface area contributed by atoms with Gasteiger partial charge in [0.1, 0.15) is 12.4 Å². The number of ether oxygens (including phenoxy) is 1. The van der Waals surface area contributed by atoms with Crippen LogP contribution >= 0.6 is 0 Å². The van der Waals surface area contributed by atoms with Gasteiger partial charge in [0.15, 0.2) is 5.82 Å². The summed E-state index contributed by atoms with van der Waals surface area (Å²) in [4.78, 5) is 18.1. The van der Waals surface area contributed by atoms with Crippen LogP contribution in [0.3, 0.4) is 0 Å². The number of benzene rings is 1. The Morgan fingerprint density at radius 1 is 1.14 bits per heavy atom. The molecule has 0 aliphatic carbocycles. The van der Waals surface area contributed by atoms with Crippen molar-refractivity contribution in [1.82, 2.24) is 15.0 Å². The molecule has 1 aliphatic rings. The molecule has 2 N–H and O–H groups in total. The Bertz CT molecular complexity index is 1270. The lowest BCUT2D eigenvalue weighted by Crippen LogP contribution is -2.29. The van der Waals surface area contributed by atoms with Gasteiger partial charge in [-0.2, -0.15) is 0 Å². The fraction of sp³-hybridized carbons (Fsp3) is 0.370. The number of amides is 2. The van der Waals surface area contributed by atoms with Gasteiger partial charge >= 0.3 is 6.03 Å². The standard InChI is InChI=1S/C27H29F2N5O3/c1-26(2,3)22-16-23(33-37-22)32-25(35)31-21-9-6-19(7-10-21)4-5-20-8-11-24(30-17-20)36-15-14-34-13-12-27(28,29)18-34/h6-11,16-17H,12-15,18H2,1-3H3,(H2,31,32,33,35). The minimum Gasteiger partial charge on any atom is -0.476 e. The van der Waals surface area contributed by atoms with Gasteiger partial charge in [0.2, 0.25) is 5.88 Å². The molecule has 1 saturated heterocycles. The Balaban J connectivity index is 1.23. The second-order valence-electron chi connectivity index (χ2n) is 9.85. The first kappa shape index (κ1) is 26.1. The number of urea groups is 1. The Labute approximate surface area is 214 Å². The fourth-order valence-corrected chi connectivity index (χ4v) is 3.56. The van der Waals surface area contributed by atoms with Gasteiger partial charge in [-0.15, -0.1) is 0 Å². The highest BCUT2D eigenvalue weighted by Gasteiger charge is 2.37. The molecule has 1 aliphatic heterocycles. The van der Waals surface area contributed by atoms with Gasteiger partial charge in [-0.25, -0.2) is 18.6 Å². The lowest BCUT2D eigenvalue weighted by Gasteiger charge is -2.15. The Hall–Kier alpha value is -3.97. The SMILES string of the molecule is CC(C)(C)c1cc(NC(=O)Nc2ccc(C#Cc3ccc(OCCN4CCC(F)(F)C4)nc3)cc2)no1. The first-order chi connectivity index (χ1) is 17.6. The van der Waals surface area contributed by atoms with Crippen LogP contribution in [0, 0.1) is 11.8 Å². The number of halogens is 2. The molecular formula is C27H29F2N5O3. The molecule has 2 amide bonds. The molecule has 4 rings (SSSR count). The maximum atomic E-state index is 13.2. The first-order valence-corrected chi connectivity index (χ1v) is 11.9. The van der Waals surface area contributed by atoms with Gasteiger partial charge in [-0.05, 0) is 30.3 Å². The number of nitrogens with zero attached hydrogens (tertiary/aromatic N) is 3. The van der Waals surface area contributed by atoms with E-state index in [1.54, 1.807) is 53.6 Å². The number of anilines is 2. The summed E-state index contributed by atoms with van der Waals surface area (Å²) in [5.41, 5.74) is 1.86. The van der Waals surface area contributed by atoms with Crippen LogP contribution < -0.4 is 15.4 Å². The van der Waals surface area contributed by atoms with E-state index in [9.17, 15) is 13.6 Å². The minimum atomic E-state index is -2.60. The Morgan fingerprint density at radius 3 is 2.49 bits per heavy atom. The molecule has 0 bridgehead atoms. The van der Waals surface area contributed by atoms with Crippen LogP contribution in [-0.4, -0.2) is 53.2 Å². The zero-order valence-corrected chi connectivity index (χ0v) is 21.0. The largest absolute Gasteiger partial charge is 0.476 e. The van der Waals surface area contributed by atoms with E-state index in [2.05, 4.69) is 32.6 Å². The summed E-state index contributed by atoms with van der Waals surface area (Å²) in [7, 11) is 0. The molecule has 8 nitrogen and oxygen atoms in total. The van der Waals surface area contributed by atoms with Crippen molar-refractivity contribution in [2.24, 2.45) is 0 Å². The van der Waals surface area contributed by atoms with Crippen LogP contribution in [0.1, 0.15) is 44.1 Å². The van der Waals surface area contributed by atoms with Crippen molar-refractivity contribution < 1.29 is 22.8 Å². The van der Waals surface area contributed by atoms with Gasteiger partial charge in [0.25, 0.3) is 5.92 Å². The summed E-state index contributed by atoms with van der Waals surface area (Å²) in [5, 5.41) is 9.25. The molecule has 0 saturated carbocycles. The van der Waals surface area contributed by atoms with E-state index in [1.807, 2.05) is 20.8 Å². The summed E-state index contributed by atoms with van der Waals surface area (Å²) in [5.74, 6) is 4.91. The van der Waals surface area contributed by atoms with E-state index < -0.39 is 12.0 Å². The molecule has 10 heteroatoms. The zero-order chi connectivity index (χ0) is 26.5. The molecule has 0 atom stereocenters. The van der Waals surface area contributed by atoms with Crippen LogP contribution in [0.25, 0.3) is 0 Å².